The van der Waals surface area contributed by atoms with Gasteiger partial charge in [0, 0.05) is 34.7 Å². The highest BCUT2D eigenvalue weighted by Gasteiger charge is 2.02. The van der Waals surface area contributed by atoms with E-state index < -0.39 is 0 Å². The topological polar surface area (TPSA) is 17.0 Å². The molecule has 0 fully saturated rings. The summed E-state index contributed by atoms with van der Waals surface area (Å²) in [7, 11) is 0. The maximum absolute atomic E-state index is 6.12. The van der Waals surface area contributed by atoms with Crippen molar-refractivity contribution in [1.29, 1.82) is 0 Å². The molecule has 20 heavy (non-hydrogen) atoms. The van der Waals surface area contributed by atoms with Crippen molar-refractivity contribution in [2.24, 2.45) is 0 Å². The number of hydrogen-bond donors (Lipinski definition) is 1. The average Bonchev–Trinajstić information content (AvgIpc) is 2.83. The second kappa shape index (κ2) is 5.90. The first-order chi connectivity index (χ1) is 9.74. The van der Waals surface area contributed by atoms with Crippen LogP contribution in [0.1, 0.15) is 0 Å². The lowest BCUT2D eigenvalue weighted by Crippen LogP contribution is -2.09. The molecule has 2 aromatic carbocycles. The van der Waals surface area contributed by atoms with Crippen LogP contribution < -0.4 is 5.32 Å². The second-order valence-electron chi connectivity index (χ2n) is 4.62. The van der Waals surface area contributed by atoms with E-state index in [2.05, 4.69) is 56.3 Å². The van der Waals surface area contributed by atoms with Gasteiger partial charge in [0.25, 0.3) is 0 Å². The van der Waals surface area contributed by atoms with Crippen LogP contribution in [0.5, 0.6) is 0 Å². The summed E-state index contributed by atoms with van der Waals surface area (Å²) in [5.74, 6) is 0. The van der Waals surface area contributed by atoms with Gasteiger partial charge in [-0.3, -0.25) is 0 Å². The fraction of sp³-hybridized carbons (Fsp3) is 0.125. The molecule has 0 aliphatic carbocycles. The average molecular weight is 350 g/mol. The summed E-state index contributed by atoms with van der Waals surface area (Å²) in [6, 6.07) is 16.3. The minimum atomic E-state index is 0.758. The Kier molecular flexibility index (Phi) is 3.99. The SMILES string of the molecule is Clc1ccccc1NCCn1ccc2cc(Br)ccc21. The van der Waals surface area contributed by atoms with Gasteiger partial charge in [-0.15, -0.1) is 0 Å². The zero-order valence-corrected chi connectivity index (χ0v) is 13.2. The summed E-state index contributed by atoms with van der Waals surface area (Å²) in [4.78, 5) is 0. The third-order valence-electron chi connectivity index (χ3n) is 3.28. The highest BCUT2D eigenvalue weighted by Crippen LogP contribution is 2.22. The predicted molar refractivity (Wildman–Crippen MR) is 89.6 cm³/mol. The molecule has 3 rings (SSSR count). The molecular formula is C16H14BrClN2. The van der Waals surface area contributed by atoms with Crippen molar-refractivity contribution in [3.05, 3.63) is 64.2 Å². The van der Waals surface area contributed by atoms with E-state index in [4.69, 9.17) is 11.6 Å². The highest BCUT2D eigenvalue weighted by atomic mass is 79.9. The Morgan fingerprint density at radius 1 is 1.10 bits per heavy atom. The Bertz CT molecular complexity index is 736. The number of benzene rings is 2. The van der Waals surface area contributed by atoms with Gasteiger partial charge in [-0.2, -0.15) is 0 Å². The molecule has 0 unspecified atom stereocenters. The van der Waals surface area contributed by atoms with Crippen molar-refractivity contribution >= 4 is 44.1 Å². The molecular weight excluding hydrogens is 336 g/mol. The molecule has 4 heteroatoms. The molecule has 0 bridgehead atoms. The van der Waals surface area contributed by atoms with Crippen LogP contribution in [0.15, 0.2) is 59.2 Å². The van der Waals surface area contributed by atoms with Crippen molar-refractivity contribution in [3.8, 4) is 0 Å². The van der Waals surface area contributed by atoms with E-state index in [1.165, 1.54) is 10.9 Å². The van der Waals surface area contributed by atoms with Gasteiger partial charge in [0.15, 0.2) is 0 Å². The molecule has 0 saturated carbocycles. The van der Waals surface area contributed by atoms with Gasteiger partial charge in [0.05, 0.1) is 10.7 Å². The molecule has 0 saturated heterocycles. The quantitative estimate of drug-likeness (QED) is 0.687. The zero-order valence-electron chi connectivity index (χ0n) is 10.8. The van der Waals surface area contributed by atoms with Crippen LogP contribution in [0, 0.1) is 0 Å². The molecule has 1 N–H and O–H groups in total. The Hall–Kier alpha value is -1.45. The number of rotatable bonds is 4. The third-order valence-corrected chi connectivity index (χ3v) is 4.10. The van der Waals surface area contributed by atoms with Crippen molar-refractivity contribution in [3.63, 3.8) is 0 Å². The summed E-state index contributed by atoms with van der Waals surface area (Å²) in [6.45, 7) is 1.74. The van der Waals surface area contributed by atoms with E-state index in [0.717, 1.165) is 28.3 Å². The first-order valence-corrected chi connectivity index (χ1v) is 7.64. The van der Waals surface area contributed by atoms with Crippen molar-refractivity contribution < 1.29 is 0 Å². The third kappa shape index (κ3) is 2.84. The standard InChI is InChI=1S/C16H14BrClN2/c17-13-5-6-16-12(11-13)7-9-20(16)10-8-19-15-4-2-1-3-14(15)18/h1-7,9,11,19H,8,10H2. The van der Waals surface area contributed by atoms with Gasteiger partial charge >= 0.3 is 0 Å². The predicted octanol–water partition coefficient (Wildman–Crippen LogP) is 5.17. The monoisotopic (exact) mass is 348 g/mol. The number of hydrogen-bond acceptors (Lipinski definition) is 1. The molecule has 0 amide bonds. The molecule has 3 aromatic rings. The molecule has 0 radical (unpaired) electrons. The number of nitrogens with zero attached hydrogens (tertiary/aromatic N) is 1. The number of anilines is 1. The molecule has 0 atom stereocenters. The lowest BCUT2D eigenvalue weighted by Gasteiger charge is -2.10. The van der Waals surface area contributed by atoms with Gasteiger partial charge < -0.3 is 9.88 Å². The molecule has 102 valence electrons. The summed E-state index contributed by atoms with van der Waals surface area (Å²) in [5.41, 5.74) is 2.22. The van der Waals surface area contributed by atoms with Crippen molar-refractivity contribution in [2.75, 3.05) is 11.9 Å². The van der Waals surface area contributed by atoms with Crippen LogP contribution >= 0.6 is 27.5 Å². The van der Waals surface area contributed by atoms with Crippen molar-refractivity contribution in [2.45, 2.75) is 6.54 Å². The minimum Gasteiger partial charge on any atom is -0.382 e. The fourth-order valence-electron chi connectivity index (χ4n) is 2.28. The first-order valence-electron chi connectivity index (χ1n) is 6.47. The smallest absolute Gasteiger partial charge is 0.0637 e. The fourth-order valence-corrected chi connectivity index (χ4v) is 2.86. The van der Waals surface area contributed by atoms with Crippen LogP contribution in [0.2, 0.25) is 5.02 Å². The Labute approximate surface area is 131 Å². The summed E-state index contributed by atoms with van der Waals surface area (Å²) in [5, 5.41) is 5.37. The van der Waals surface area contributed by atoms with Crippen LogP contribution in [0.25, 0.3) is 10.9 Å². The van der Waals surface area contributed by atoms with Crippen LogP contribution in [0.3, 0.4) is 0 Å². The second-order valence-corrected chi connectivity index (χ2v) is 5.94. The van der Waals surface area contributed by atoms with E-state index in [1.54, 1.807) is 0 Å². The lowest BCUT2D eigenvalue weighted by atomic mass is 10.2. The van der Waals surface area contributed by atoms with E-state index in [1.807, 2.05) is 24.3 Å². The van der Waals surface area contributed by atoms with Gasteiger partial charge in [-0.05, 0) is 36.4 Å². The molecule has 2 nitrogen and oxygen atoms in total. The Morgan fingerprint density at radius 2 is 1.95 bits per heavy atom. The first kappa shape index (κ1) is 13.5. The number of para-hydroxylation sites is 1. The maximum atomic E-state index is 6.12. The Morgan fingerprint density at radius 3 is 2.80 bits per heavy atom. The van der Waals surface area contributed by atoms with Crippen LogP contribution in [0.4, 0.5) is 5.69 Å². The summed E-state index contributed by atoms with van der Waals surface area (Å²) < 4.78 is 3.35. The van der Waals surface area contributed by atoms with Gasteiger partial charge in [0.1, 0.15) is 0 Å². The normalized spacial score (nSPS) is 10.9. The molecule has 0 aliphatic rings. The van der Waals surface area contributed by atoms with E-state index in [0.29, 0.717) is 0 Å². The number of nitrogens with one attached hydrogen (secondary N) is 1. The van der Waals surface area contributed by atoms with E-state index >= 15 is 0 Å². The summed E-state index contributed by atoms with van der Waals surface area (Å²) in [6.07, 6.45) is 2.12. The largest absolute Gasteiger partial charge is 0.382 e. The summed E-state index contributed by atoms with van der Waals surface area (Å²) >= 11 is 9.62. The number of fused-ring (bicyclic) bond motifs is 1. The molecule has 0 spiro atoms. The molecule has 1 aromatic heterocycles. The van der Waals surface area contributed by atoms with Gasteiger partial charge in [-0.25, -0.2) is 0 Å². The Balaban J connectivity index is 1.70. The van der Waals surface area contributed by atoms with Crippen molar-refractivity contribution in [1.82, 2.24) is 4.57 Å². The molecule has 0 aliphatic heterocycles. The van der Waals surface area contributed by atoms with E-state index in [-0.39, 0.29) is 0 Å². The minimum absolute atomic E-state index is 0.758. The van der Waals surface area contributed by atoms with E-state index in [9.17, 15) is 0 Å². The van der Waals surface area contributed by atoms with Crippen LogP contribution in [-0.4, -0.2) is 11.1 Å². The van der Waals surface area contributed by atoms with Crippen LogP contribution in [-0.2, 0) is 6.54 Å². The number of aromatic nitrogens is 1. The highest BCUT2D eigenvalue weighted by molar-refractivity contribution is 9.10. The zero-order chi connectivity index (χ0) is 13.9. The lowest BCUT2D eigenvalue weighted by molar-refractivity contribution is 0.757. The van der Waals surface area contributed by atoms with Gasteiger partial charge in [0.2, 0.25) is 0 Å². The number of halogens is 2. The van der Waals surface area contributed by atoms with Gasteiger partial charge in [-0.1, -0.05) is 39.7 Å². The maximum Gasteiger partial charge on any atom is 0.0637 e. The molecule has 1 heterocycles.